The molecule has 0 unspecified atom stereocenters. The fraction of sp³-hybridized carbons (Fsp3) is 0.250. The molecular weight excluding hydrogens is 289 g/mol. The van der Waals surface area contributed by atoms with Gasteiger partial charge < -0.3 is 0 Å². The molecule has 0 aliphatic heterocycles. The lowest BCUT2D eigenvalue weighted by atomic mass is 9.95. The van der Waals surface area contributed by atoms with Crippen molar-refractivity contribution in [1.29, 1.82) is 0 Å². The van der Waals surface area contributed by atoms with Gasteiger partial charge in [-0.1, -0.05) is 48.5 Å². The van der Waals surface area contributed by atoms with Gasteiger partial charge in [0.05, 0.1) is 11.3 Å². The van der Waals surface area contributed by atoms with Gasteiger partial charge in [-0.25, -0.2) is 17.5 Å². The third kappa shape index (κ3) is 4.12. The van der Waals surface area contributed by atoms with Crippen LogP contribution in [-0.4, -0.2) is 8.42 Å². The van der Waals surface area contributed by atoms with Crippen LogP contribution >= 0.6 is 0 Å². The van der Waals surface area contributed by atoms with E-state index in [9.17, 15) is 12.8 Å². The van der Waals surface area contributed by atoms with E-state index in [0.717, 1.165) is 0 Å². The van der Waals surface area contributed by atoms with Crippen LogP contribution in [-0.2, 0) is 21.3 Å². The molecule has 0 atom stereocenters. The van der Waals surface area contributed by atoms with Gasteiger partial charge in [-0.05, 0) is 25.5 Å². The van der Waals surface area contributed by atoms with Crippen molar-refractivity contribution in [1.82, 2.24) is 4.72 Å². The van der Waals surface area contributed by atoms with E-state index in [-0.39, 0.29) is 5.75 Å². The van der Waals surface area contributed by atoms with Crippen molar-refractivity contribution in [2.24, 2.45) is 0 Å². The molecule has 2 aromatic carbocycles. The van der Waals surface area contributed by atoms with E-state index in [1.807, 2.05) is 6.07 Å². The first kappa shape index (κ1) is 15.7. The molecule has 0 spiro atoms. The van der Waals surface area contributed by atoms with E-state index in [2.05, 4.69) is 4.72 Å². The maximum Gasteiger partial charge on any atom is 0.216 e. The van der Waals surface area contributed by atoms with Crippen molar-refractivity contribution in [2.45, 2.75) is 25.1 Å². The zero-order valence-corrected chi connectivity index (χ0v) is 12.8. The average Bonchev–Trinajstić information content (AvgIpc) is 2.38. The summed E-state index contributed by atoms with van der Waals surface area (Å²) in [4.78, 5) is 0. The summed E-state index contributed by atoms with van der Waals surface area (Å²) < 4.78 is 41.0. The van der Waals surface area contributed by atoms with Crippen LogP contribution in [0.2, 0.25) is 0 Å². The molecular formula is C16H18FNO2S. The van der Waals surface area contributed by atoms with Crippen LogP contribution in [0.15, 0.2) is 54.6 Å². The number of nitrogens with one attached hydrogen (secondary N) is 1. The van der Waals surface area contributed by atoms with Gasteiger partial charge in [0.15, 0.2) is 0 Å². The fourth-order valence-electron chi connectivity index (χ4n) is 2.24. The molecule has 0 amide bonds. The largest absolute Gasteiger partial charge is 0.216 e. The van der Waals surface area contributed by atoms with E-state index < -0.39 is 21.4 Å². The Labute approximate surface area is 124 Å². The smallest absolute Gasteiger partial charge is 0.212 e. The summed E-state index contributed by atoms with van der Waals surface area (Å²) in [5, 5.41) is 0. The molecule has 0 radical (unpaired) electrons. The predicted molar refractivity (Wildman–Crippen MR) is 81.6 cm³/mol. The molecule has 2 rings (SSSR count). The van der Waals surface area contributed by atoms with Crippen molar-refractivity contribution in [3.63, 3.8) is 0 Å². The maximum atomic E-state index is 13.9. The second kappa shape index (κ2) is 5.95. The molecule has 0 bridgehead atoms. The summed E-state index contributed by atoms with van der Waals surface area (Å²) >= 11 is 0. The standard InChI is InChI=1S/C16H18FNO2S/c1-16(2,14-10-6-7-11-15(14)17)18-21(19,20)12-13-8-4-3-5-9-13/h3-11,18H,12H2,1-2H3. The maximum absolute atomic E-state index is 13.9. The molecule has 21 heavy (non-hydrogen) atoms. The Kier molecular flexibility index (Phi) is 4.44. The van der Waals surface area contributed by atoms with Gasteiger partial charge in [0.1, 0.15) is 5.82 Å². The SMILES string of the molecule is CC(C)(NS(=O)(=O)Cc1ccccc1)c1ccccc1F. The van der Waals surface area contributed by atoms with Crippen molar-refractivity contribution < 1.29 is 12.8 Å². The van der Waals surface area contributed by atoms with Crippen LogP contribution in [0.25, 0.3) is 0 Å². The molecule has 2 aromatic rings. The van der Waals surface area contributed by atoms with Crippen LogP contribution in [0.5, 0.6) is 0 Å². The van der Waals surface area contributed by atoms with E-state index >= 15 is 0 Å². The summed E-state index contributed by atoms with van der Waals surface area (Å²) in [7, 11) is -3.57. The van der Waals surface area contributed by atoms with E-state index in [1.54, 1.807) is 56.3 Å². The van der Waals surface area contributed by atoms with E-state index in [1.165, 1.54) is 6.07 Å². The van der Waals surface area contributed by atoms with Gasteiger partial charge in [0, 0.05) is 5.56 Å². The molecule has 0 aromatic heterocycles. The summed E-state index contributed by atoms with van der Waals surface area (Å²) in [5.41, 5.74) is -0.00477. The number of halogens is 1. The van der Waals surface area contributed by atoms with Crippen LogP contribution in [0.4, 0.5) is 4.39 Å². The van der Waals surface area contributed by atoms with Crippen molar-refractivity contribution in [3.05, 3.63) is 71.5 Å². The van der Waals surface area contributed by atoms with Gasteiger partial charge in [0.25, 0.3) is 0 Å². The first-order valence-corrected chi connectivity index (χ1v) is 8.26. The normalized spacial score (nSPS) is 12.3. The third-order valence-electron chi connectivity index (χ3n) is 3.16. The molecule has 112 valence electrons. The molecule has 5 heteroatoms. The van der Waals surface area contributed by atoms with Crippen LogP contribution in [0.3, 0.4) is 0 Å². The Balaban J connectivity index is 2.21. The minimum absolute atomic E-state index is 0.133. The van der Waals surface area contributed by atoms with Gasteiger partial charge in [-0.15, -0.1) is 0 Å². The minimum atomic E-state index is -3.57. The van der Waals surface area contributed by atoms with Crippen LogP contribution in [0.1, 0.15) is 25.0 Å². The Morgan fingerprint density at radius 1 is 1.00 bits per heavy atom. The van der Waals surface area contributed by atoms with Crippen molar-refractivity contribution in [3.8, 4) is 0 Å². The third-order valence-corrected chi connectivity index (χ3v) is 4.69. The summed E-state index contributed by atoms with van der Waals surface area (Å²) in [6, 6.07) is 15.1. The molecule has 0 aliphatic rings. The number of benzene rings is 2. The minimum Gasteiger partial charge on any atom is -0.212 e. The summed E-state index contributed by atoms with van der Waals surface area (Å²) in [6.45, 7) is 3.29. The second-order valence-corrected chi connectivity index (χ2v) is 7.17. The highest BCUT2D eigenvalue weighted by molar-refractivity contribution is 7.88. The number of sulfonamides is 1. The first-order chi connectivity index (χ1) is 9.80. The van der Waals surface area contributed by atoms with E-state index in [0.29, 0.717) is 11.1 Å². The Morgan fingerprint density at radius 3 is 2.19 bits per heavy atom. The Bertz CT molecular complexity index is 712. The molecule has 0 fully saturated rings. The van der Waals surface area contributed by atoms with Gasteiger partial charge >= 0.3 is 0 Å². The highest BCUT2D eigenvalue weighted by atomic mass is 32.2. The van der Waals surface area contributed by atoms with Crippen molar-refractivity contribution in [2.75, 3.05) is 0 Å². The van der Waals surface area contributed by atoms with Crippen molar-refractivity contribution >= 4 is 10.0 Å². The van der Waals surface area contributed by atoms with Gasteiger partial charge in [0.2, 0.25) is 10.0 Å². The predicted octanol–water partition coefficient (Wildman–Crippen LogP) is 3.18. The quantitative estimate of drug-likeness (QED) is 0.922. The van der Waals surface area contributed by atoms with Gasteiger partial charge in [-0.3, -0.25) is 0 Å². The Morgan fingerprint density at radius 2 is 1.57 bits per heavy atom. The van der Waals surface area contributed by atoms with Gasteiger partial charge in [-0.2, -0.15) is 0 Å². The Hall–Kier alpha value is -1.72. The molecule has 1 N–H and O–H groups in total. The zero-order chi connectivity index (χ0) is 15.5. The molecule has 0 saturated carbocycles. The van der Waals surface area contributed by atoms with E-state index in [4.69, 9.17) is 0 Å². The molecule has 0 heterocycles. The summed E-state index contributed by atoms with van der Waals surface area (Å²) in [5.74, 6) is -0.559. The summed E-state index contributed by atoms with van der Waals surface area (Å²) in [6.07, 6.45) is 0. The molecule has 0 saturated heterocycles. The monoisotopic (exact) mass is 307 g/mol. The topological polar surface area (TPSA) is 46.2 Å². The number of hydrogen-bond acceptors (Lipinski definition) is 2. The zero-order valence-electron chi connectivity index (χ0n) is 12.0. The molecule has 3 nitrogen and oxygen atoms in total. The van der Waals surface area contributed by atoms with Crippen LogP contribution < -0.4 is 4.72 Å². The first-order valence-electron chi connectivity index (χ1n) is 6.61. The number of hydrogen-bond donors (Lipinski definition) is 1. The lowest BCUT2D eigenvalue weighted by molar-refractivity contribution is 0.446. The van der Waals surface area contributed by atoms with Crippen LogP contribution in [0, 0.1) is 5.82 Å². The second-order valence-electron chi connectivity index (χ2n) is 5.45. The highest BCUT2D eigenvalue weighted by Gasteiger charge is 2.29. The highest BCUT2D eigenvalue weighted by Crippen LogP contribution is 2.24. The average molecular weight is 307 g/mol. The lowest BCUT2D eigenvalue weighted by Gasteiger charge is -2.27. The lowest BCUT2D eigenvalue weighted by Crippen LogP contribution is -2.42. The number of rotatable bonds is 5. The molecule has 0 aliphatic carbocycles. The fourth-order valence-corrected chi connectivity index (χ4v) is 3.83.